The van der Waals surface area contributed by atoms with E-state index in [1.807, 2.05) is 37.3 Å². The van der Waals surface area contributed by atoms with Crippen molar-refractivity contribution in [2.75, 3.05) is 12.4 Å². The van der Waals surface area contributed by atoms with Crippen LogP contribution in [0.15, 0.2) is 54.6 Å². The third-order valence-corrected chi connectivity index (χ3v) is 3.46. The molecule has 0 atom stereocenters. The molecule has 3 nitrogen and oxygen atoms in total. The number of benzene rings is 2. The predicted molar refractivity (Wildman–Crippen MR) is 86.8 cm³/mol. The third kappa shape index (κ3) is 3.14. The molecule has 0 unspecified atom stereocenters. The van der Waals surface area contributed by atoms with E-state index in [0.717, 1.165) is 29.2 Å². The summed E-state index contributed by atoms with van der Waals surface area (Å²) in [6.07, 6.45) is 0. The molecule has 0 amide bonds. The number of nitrogens with zero attached hydrogens (tertiary/aromatic N) is 1. The summed E-state index contributed by atoms with van der Waals surface area (Å²) in [5.74, 6) is 0.859. The van der Waals surface area contributed by atoms with Crippen molar-refractivity contribution in [3.8, 4) is 5.75 Å². The van der Waals surface area contributed by atoms with Gasteiger partial charge in [-0.3, -0.25) is 4.98 Å². The Kier molecular flexibility index (Phi) is 3.73. The van der Waals surface area contributed by atoms with Crippen LogP contribution in [-0.2, 0) is 6.54 Å². The molecule has 106 valence electrons. The summed E-state index contributed by atoms with van der Waals surface area (Å²) in [6, 6.07) is 18.5. The molecule has 1 N–H and O–H groups in total. The maximum Gasteiger partial charge on any atom is 0.120 e. The number of hydrogen-bond donors (Lipinski definition) is 1. The van der Waals surface area contributed by atoms with Crippen molar-refractivity contribution in [2.45, 2.75) is 13.5 Å². The number of fused-ring (bicyclic) bond motifs is 1. The Labute approximate surface area is 124 Å². The van der Waals surface area contributed by atoms with Crippen LogP contribution < -0.4 is 10.1 Å². The summed E-state index contributed by atoms with van der Waals surface area (Å²) in [7, 11) is 1.68. The van der Waals surface area contributed by atoms with Gasteiger partial charge in [0.25, 0.3) is 0 Å². The number of pyridine rings is 1. The Hall–Kier alpha value is -2.55. The van der Waals surface area contributed by atoms with E-state index >= 15 is 0 Å². The van der Waals surface area contributed by atoms with E-state index in [-0.39, 0.29) is 0 Å². The molecule has 21 heavy (non-hydrogen) atoms. The van der Waals surface area contributed by atoms with Gasteiger partial charge in [0.2, 0.25) is 0 Å². The highest BCUT2D eigenvalue weighted by molar-refractivity contribution is 5.79. The highest BCUT2D eigenvalue weighted by Gasteiger charge is 2.00. The second-order valence-electron chi connectivity index (χ2n) is 5.07. The van der Waals surface area contributed by atoms with Gasteiger partial charge in [0, 0.05) is 29.4 Å². The standard InChI is InChI=1S/C18H18N2O/c1-13-6-8-15-10-14(7-9-18(15)20-13)12-19-16-4-3-5-17(11-16)21-2/h3-11,19H,12H2,1-2H3. The van der Waals surface area contributed by atoms with Crippen LogP contribution in [0.1, 0.15) is 11.3 Å². The summed E-state index contributed by atoms with van der Waals surface area (Å²) < 4.78 is 5.23. The summed E-state index contributed by atoms with van der Waals surface area (Å²) in [5.41, 5.74) is 4.37. The van der Waals surface area contributed by atoms with Crippen molar-refractivity contribution < 1.29 is 4.74 Å². The van der Waals surface area contributed by atoms with Gasteiger partial charge >= 0.3 is 0 Å². The zero-order valence-corrected chi connectivity index (χ0v) is 12.3. The molecule has 0 spiro atoms. The molecule has 3 rings (SSSR count). The van der Waals surface area contributed by atoms with E-state index in [1.54, 1.807) is 7.11 Å². The van der Waals surface area contributed by atoms with E-state index in [9.17, 15) is 0 Å². The molecule has 0 fully saturated rings. The SMILES string of the molecule is COc1cccc(NCc2ccc3nc(C)ccc3c2)c1. The van der Waals surface area contributed by atoms with E-state index in [1.165, 1.54) is 10.9 Å². The number of aryl methyl sites for hydroxylation is 1. The zero-order valence-electron chi connectivity index (χ0n) is 12.3. The molecule has 0 saturated carbocycles. The number of nitrogens with one attached hydrogen (secondary N) is 1. The van der Waals surface area contributed by atoms with Crippen LogP contribution in [0.3, 0.4) is 0 Å². The highest BCUT2D eigenvalue weighted by Crippen LogP contribution is 2.19. The van der Waals surface area contributed by atoms with E-state index in [2.05, 4.69) is 34.6 Å². The molecule has 0 aliphatic rings. The van der Waals surface area contributed by atoms with Gasteiger partial charge in [0.15, 0.2) is 0 Å². The average molecular weight is 278 g/mol. The Morgan fingerprint density at radius 2 is 1.95 bits per heavy atom. The minimum absolute atomic E-state index is 0.775. The highest BCUT2D eigenvalue weighted by atomic mass is 16.5. The molecule has 0 bridgehead atoms. The quantitative estimate of drug-likeness (QED) is 0.778. The molecular weight excluding hydrogens is 260 g/mol. The van der Waals surface area contributed by atoms with Crippen LogP contribution >= 0.6 is 0 Å². The van der Waals surface area contributed by atoms with Crippen molar-refractivity contribution in [1.29, 1.82) is 0 Å². The summed E-state index contributed by atoms with van der Waals surface area (Å²) in [6.45, 7) is 2.79. The van der Waals surface area contributed by atoms with Crippen LogP contribution in [0.5, 0.6) is 5.75 Å². The number of aromatic nitrogens is 1. The molecule has 0 aliphatic carbocycles. The van der Waals surface area contributed by atoms with E-state index in [0.29, 0.717) is 0 Å². The molecule has 3 heteroatoms. The maximum absolute atomic E-state index is 5.23. The molecule has 3 aromatic rings. The first-order valence-corrected chi connectivity index (χ1v) is 6.99. The first-order chi connectivity index (χ1) is 10.2. The summed E-state index contributed by atoms with van der Waals surface area (Å²) in [5, 5.41) is 4.58. The van der Waals surface area contributed by atoms with Gasteiger partial charge in [-0.15, -0.1) is 0 Å². The van der Waals surface area contributed by atoms with E-state index < -0.39 is 0 Å². The molecule has 1 heterocycles. The second kappa shape index (κ2) is 5.83. The van der Waals surface area contributed by atoms with E-state index in [4.69, 9.17) is 4.74 Å². The van der Waals surface area contributed by atoms with Crippen LogP contribution in [0.2, 0.25) is 0 Å². The molecule has 0 aliphatic heterocycles. The van der Waals surface area contributed by atoms with Gasteiger partial charge < -0.3 is 10.1 Å². The molecule has 0 saturated heterocycles. The lowest BCUT2D eigenvalue weighted by molar-refractivity contribution is 0.415. The van der Waals surface area contributed by atoms with Gasteiger partial charge in [0.1, 0.15) is 5.75 Å². The average Bonchev–Trinajstić information content (AvgIpc) is 2.53. The van der Waals surface area contributed by atoms with Gasteiger partial charge in [-0.05, 0) is 42.8 Å². The van der Waals surface area contributed by atoms with Crippen LogP contribution in [-0.4, -0.2) is 12.1 Å². The predicted octanol–water partition coefficient (Wildman–Crippen LogP) is 4.16. The minimum atomic E-state index is 0.775. The van der Waals surface area contributed by atoms with Crippen LogP contribution in [0.4, 0.5) is 5.69 Å². The number of rotatable bonds is 4. The molecule has 2 aromatic carbocycles. The largest absolute Gasteiger partial charge is 0.497 e. The fraction of sp³-hybridized carbons (Fsp3) is 0.167. The number of methoxy groups -OCH3 is 1. The third-order valence-electron chi connectivity index (χ3n) is 3.46. The Morgan fingerprint density at radius 1 is 1.05 bits per heavy atom. The van der Waals surface area contributed by atoms with Gasteiger partial charge in [-0.2, -0.15) is 0 Å². The lowest BCUT2D eigenvalue weighted by Gasteiger charge is -2.09. The van der Waals surface area contributed by atoms with Gasteiger partial charge in [-0.1, -0.05) is 18.2 Å². The van der Waals surface area contributed by atoms with Gasteiger partial charge in [0.05, 0.1) is 12.6 Å². The number of anilines is 1. The fourth-order valence-corrected chi connectivity index (χ4v) is 2.32. The zero-order chi connectivity index (χ0) is 14.7. The van der Waals surface area contributed by atoms with Crippen molar-refractivity contribution in [3.63, 3.8) is 0 Å². The lowest BCUT2D eigenvalue weighted by Crippen LogP contribution is -1.99. The summed E-state index contributed by atoms with van der Waals surface area (Å²) in [4.78, 5) is 4.52. The lowest BCUT2D eigenvalue weighted by atomic mass is 10.1. The molecule has 0 radical (unpaired) electrons. The van der Waals surface area contributed by atoms with Crippen molar-refractivity contribution in [2.24, 2.45) is 0 Å². The maximum atomic E-state index is 5.23. The monoisotopic (exact) mass is 278 g/mol. The first-order valence-electron chi connectivity index (χ1n) is 6.99. The molecular formula is C18H18N2O. The second-order valence-corrected chi connectivity index (χ2v) is 5.07. The number of hydrogen-bond acceptors (Lipinski definition) is 3. The summed E-state index contributed by atoms with van der Waals surface area (Å²) >= 11 is 0. The van der Waals surface area contributed by atoms with Crippen LogP contribution in [0.25, 0.3) is 10.9 Å². The Bertz CT molecular complexity index is 768. The van der Waals surface area contributed by atoms with Crippen molar-refractivity contribution in [1.82, 2.24) is 4.98 Å². The van der Waals surface area contributed by atoms with Crippen molar-refractivity contribution in [3.05, 3.63) is 65.9 Å². The van der Waals surface area contributed by atoms with Crippen molar-refractivity contribution >= 4 is 16.6 Å². The van der Waals surface area contributed by atoms with Crippen LogP contribution in [0, 0.1) is 6.92 Å². The Morgan fingerprint density at radius 3 is 2.81 bits per heavy atom. The topological polar surface area (TPSA) is 34.1 Å². The number of ether oxygens (including phenoxy) is 1. The fourth-order valence-electron chi connectivity index (χ4n) is 2.32. The normalized spacial score (nSPS) is 10.6. The van der Waals surface area contributed by atoms with Gasteiger partial charge in [-0.25, -0.2) is 0 Å². The first kappa shape index (κ1) is 13.4. The molecule has 1 aromatic heterocycles. The Balaban J connectivity index is 1.77. The smallest absolute Gasteiger partial charge is 0.120 e. The minimum Gasteiger partial charge on any atom is -0.497 e.